The maximum Gasteiger partial charge on any atom is 0.417 e. The number of hydrogen-bond acceptors (Lipinski definition) is 3. The third kappa shape index (κ3) is 2.72. The van der Waals surface area contributed by atoms with Gasteiger partial charge >= 0.3 is 12.2 Å². The zero-order valence-electron chi connectivity index (χ0n) is 15.3. The first-order chi connectivity index (χ1) is 13.7. The summed E-state index contributed by atoms with van der Waals surface area (Å²) < 4.78 is 40.0. The van der Waals surface area contributed by atoms with Crippen molar-refractivity contribution in [3.05, 3.63) is 64.2 Å². The fourth-order valence-corrected chi connectivity index (χ4v) is 3.77. The highest BCUT2D eigenvalue weighted by molar-refractivity contribution is 6.24. The van der Waals surface area contributed by atoms with Crippen molar-refractivity contribution in [2.24, 2.45) is 0 Å². The molecule has 0 aromatic heterocycles. The molecule has 0 bridgehead atoms. The van der Waals surface area contributed by atoms with Crippen LogP contribution in [-0.4, -0.2) is 22.4 Å². The van der Waals surface area contributed by atoms with Crippen molar-refractivity contribution in [2.45, 2.75) is 37.9 Å². The Morgan fingerprint density at radius 1 is 1.17 bits per heavy atom. The van der Waals surface area contributed by atoms with E-state index in [1.165, 1.54) is 17.0 Å². The summed E-state index contributed by atoms with van der Waals surface area (Å²) in [7, 11) is 0. The molecule has 1 aromatic carbocycles. The van der Waals surface area contributed by atoms with Gasteiger partial charge in [-0.05, 0) is 67.8 Å². The molecule has 3 amide bonds. The lowest BCUT2D eigenvalue weighted by Gasteiger charge is -2.41. The van der Waals surface area contributed by atoms with Gasteiger partial charge in [0.2, 0.25) is 0 Å². The molecule has 1 aliphatic heterocycles. The number of urea groups is 1. The molecule has 1 heterocycles. The number of anilines is 1. The molecule has 146 valence electrons. The molecule has 4 rings (SSSR count). The summed E-state index contributed by atoms with van der Waals surface area (Å²) in [6.45, 7) is 1.80. The number of halogens is 3. The minimum atomic E-state index is -4.79. The Bertz CT molecular complexity index is 1120. The molecule has 0 atom stereocenters. The maximum atomic E-state index is 13.3. The van der Waals surface area contributed by atoms with E-state index in [0.29, 0.717) is 24.6 Å². The van der Waals surface area contributed by atoms with E-state index >= 15 is 0 Å². The number of rotatable bonds is 2. The van der Waals surface area contributed by atoms with E-state index in [1.54, 1.807) is 19.1 Å². The molecule has 1 saturated carbocycles. The molecule has 0 unspecified atom stereocenters. The van der Waals surface area contributed by atoms with Crippen LogP contribution < -0.4 is 4.90 Å². The lowest BCUT2D eigenvalue weighted by Crippen LogP contribution is -2.54. The molecule has 1 spiro atoms. The van der Waals surface area contributed by atoms with Crippen LogP contribution in [0.15, 0.2) is 53.1 Å². The van der Waals surface area contributed by atoms with Crippen LogP contribution in [0.3, 0.4) is 0 Å². The molecule has 0 radical (unpaired) electrons. The average molecular weight is 397 g/mol. The number of nitrogens with zero attached hydrogens (tertiary/aromatic N) is 3. The van der Waals surface area contributed by atoms with Gasteiger partial charge in [0.1, 0.15) is 5.54 Å². The normalized spacial score (nSPS) is 20.0. The zero-order valence-corrected chi connectivity index (χ0v) is 15.3. The van der Waals surface area contributed by atoms with Crippen LogP contribution in [0.1, 0.15) is 37.3 Å². The van der Waals surface area contributed by atoms with Gasteiger partial charge in [0.15, 0.2) is 0 Å². The Morgan fingerprint density at radius 3 is 2.41 bits per heavy atom. The first-order valence-electron chi connectivity index (χ1n) is 8.90. The van der Waals surface area contributed by atoms with Gasteiger partial charge in [-0.1, -0.05) is 5.73 Å². The van der Waals surface area contributed by atoms with Crippen molar-refractivity contribution < 1.29 is 22.8 Å². The summed E-state index contributed by atoms with van der Waals surface area (Å²) in [5.41, 5.74) is 3.78. The van der Waals surface area contributed by atoms with Crippen molar-refractivity contribution in [3.8, 4) is 6.07 Å². The molecule has 3 aliphatic rings. The van der Waals surface area contributed by atoms with E-state index in [4.69, 9.17) is 5.26 Å². The maximum absolute atomic E-state index is 13.3. The van der Waals surface area contributed by atoms with E-state index in [2.05, 4.69) is 11.5 Å². The molecular weight excluding hydrogens is 383 g/mol. The van der Waals surface area contributed by atoms with Crippen LogP contribution in [0.25, 0.3) is 0 Å². The Labute approximate surface area is 164 Å². The molecule has 2 aliphatic carbocycles. The van der Waals surface area contributed by atoms with Gasteiger partial charge in [-0.25, -0.2) is 9.69 Å². The van der Waals surface area contributed by atoms with E-state index < -0.39 is 34.8 Å². The van der Waals surface area contributed by atoms with Crippen LogP contribution >= 0.6 is 0 Å². The number of carbonyl (C=O) groups is 2. The molecule has 0 N–H and O–H groups in total. The predicted molar refractivity (Wildman–Crippen MR) is 96.3 cm³/mol. The highest BCUT2D eigenvalue weighted by Gasteiger charge is 2.61. The van der Waals surface area contributed by atoms with Gasteiger partial charge in [0.25, 0.3) is 5.91 Å². The van der Waals surface area contributed by atoms with Gasteiger partial charge in [-0.15, -0.1) is 0 Å². The van der Waals surface area contributed by atoms with Crippen molar-refractivity contribution in [3.63, 3.8) is 0 Å². The van der Waals surface area contributed by atoms with Crippen LogP contribution in [0.5, 0.6) is 0 Å². The Balaban J connectivity index is 1.84. The number of allylic oxidation sites excluding steroid dienone is 3. The van der Waals surface area contributed by atoms with Gasteiger partial charge < -0.3 is 0 Å². The van der Waals surface area contributed by atoms with Gasteiger partial charge in [0.05, 0.1) is 28.6 Å². The second kappa shape index (κ2) is 6.25. The second-order valence-electron chi connectivity index (χ2n) is 7.13. The first kappa shape index (κ1) is 18.8. The molecule has 2 fully saturated rings. The fourth-order valence-electron chi connectivity index (χ4n) is 3.77. The van der Waals surface area contributed by atoms with Crippen molar-refractivity contribution >= 4 is 17.6 Å². The number of carbonyl (C=O) groups excluding carboxylic acids is 2. The predicted octanol–water partition coefficient (Wildman–Crippen LogP) is 4.42. The largest absolute Gasteiger partial charge is 0.417 e. The van der Waals surface area contributed by atoms with E-state index in [0.717, 1.165) is 23.0 Å². The third-order valence-corrected chi connectivity index (χ3v) is 5.40. The summed E-state index contributed by atoms with van der Waals surface area (Å²) in [4.78, 5) is 28.4. The number of nitriles is 1. The van der Waals surface area contributed by atoms with E-state index in [1.807, 2.05) is 0 Å². The number of alkyl halides is 3. The molecule has 1 aromatic rings. The Kier molecular flexibility index (Phi) is 4.06. The molecule has 5 nitrogen and oxygen atoms in total. The van der Waals surface area contributed by atoms with Gasteiger partial charge in [0, 0.05) is 0 Å². The summed E-state index contributed by atoms with van der Waals surface area (Å²) in [6.07, 6.45) is 0.125. The highest BCUT2D eigenvalue weighted by Crippen LogP contribution is 2.48. The summed E-state index contributed by atoms with van der Waals surface area (Å²) in [5, 5.41) is 8.97. The zero-order chi connectivity index (χ0) is 21.0. The fraction of sp³-hybridized carbons (Fsp3) is 0.286. The SMILES string of the molecule is CC1=C=C=C(N2C(=O)N(c3ccc(C#N)c(C(F)(F)F)c3)C(=O)C23CCC3)C=C1. The molecule has 8 heteroatoms. The first-order valence-corrected chi connectivity index (χ1v) is 8.90. The standard InChI is InChI=1S/C21H14F3N3O2/c1-13-3-6-15(7-4-13)27-19(29)26(18(28)20(27)9-2-10-20)16-8-5-14(12-25)17(11-16)21(22,23)24/h3,5-6,8,11H,2,9-10H2,1H3. The minimum Gasteiger partial charge on any atom is -0.271 e. The Hall–Kier alpha value is -3.52. The lowest BCUT2D eigenvalue weighted by atomic mass is 9.75. The monoisotopic (exact) mass is 397 g/mol. The second-order valence-corrected chi connectivity index (χ2v) is 7.13. The minimum absolute atomic E-state index is 0.212. The lowest BCUT2D eigenvalue weighted by molar-refractivity contribution is -0.137. The van der Waals surface area contributed by atoms with E-state index in [9.17, 15) is 22.8 Å². The third-order valence-electron chi connectivity index (χ3n) is 5.40. The number of hydrogen-bond donors (Lipinski definition) is 0. The quantitative estimate of drug-likeness (QED) is 0.548. The van der Waals surface area contributed by atoms with Crippen molar-refractivity contribution in [1.82, 2.24) is 4.90 Å². The number of imide groups is 1. The molecule has 1 saturated heterocycles. The van der Waals surface area contributed by atoms with Crippen LogP contribution in [0.4, 0.5) is 23.7 Å². The summed E-state index contributed by atoms with van der Waals surface area (Å²) in [5.74, 6) is -0.569. The van der Waals surface area contributed by atoms with Gasteiger partial charge in [-0.3, -0.25) is 9.69 Å². The van der Waals surface area contributed by atoms with Crippen molar-refractivity contribution in [1.29, 1.82) is 5.26 Å². The smallest absolute Gasteiger partial charge is 0.271 e. The van der Waals surface area contributed by atoms with Gasteiger partial charge in [-0.2, -0.15) is 18.4 Å². The van der Waals surface area contributed by atoms with E-state index in [-0.39, 0.29) is 5.69 Å². The summed E-state index contributed by atoms with van der Waals surface area (Å²) >= 11 is 0. The Morgan fingerprint density at radius 2 is 1.90 bits per heavy atom. The molecule has 29 heavy (non-hydrogen) atoms. The van der Waals surface area contributed by atoms with Crippen LogP contribution in [-0.2, 0) is 11.0 Å². The van der Waals surface area contributed by atoms with Crippen molar-refractivity contribution in [2.75, 3.05) is 4.90 Å². The number of benzene rings is 1. The highest BCUT2D eigenvalue weighted by atomic mass is 19.4. The average Bonchev–Trinajstić information content (AvgIpc) is 2.88. The topological polar surface area (TPSA) is 64.4 Å². The number of amides is 3. The van der Waals surface area contributed by atoms with Crippen LogP contribution in [0.2, 0.25) is 0 Å². The van der Waals surface area contributed by atoms with Crippen LogP contribution in [0, 0.1) is 11.3 Å². The summed E-state index contributed by atoms with van der Waals surface area (Å²) in [6, 6.07) is 3.59. The molecular formula is C21H14F3N3O2.